The Kier molecular flexibility index (Phi) is 4.77. The number of hydrogen-bond donors (Lipinski definition) is 1. The van der Waals surface area contributed by atoms with Gasteiger partial charge in [0.1, 0.15) is 18.6 Å². The molecular weight excluding hydrogens is 288 g/mol. The summed E-state index contributed by atoms with van der Waals surface area (Å²) < 4.78 is 5.72. The van der Waals surface area contributed by atoms with E-state index < -0.39 is 5.60 Å². The fourth-order valence-electron chi connectivity index (χ4n) is 4.06. The summed E-state index contributed by atoms with van der Waals surface area (Å²) in [5, 5.41) is 9.78. The first-order chi connectivity index (χ1) is 10.9. The molecule has 1 N–H and O–H groups in total. The number of fused-ring (bicyclic) bond motifs is 1. The second-order valence-corrected chi connectivity index (χ2v) is 8.01. The predicted molar refractivity (Wildman–Crippen MR) is 90.6 cm³/mol. The summed E-state index contributed by atoms with van der Waals surface area (Å²) in [5.41, 5.74) is 2.04. The van der Waals surface area contributed by atoms with Crippen LogP contribution < -0.4 is 4.74 Å². The first-order valence-electron chi connectivity index (χ1n) is 8.87. The lowest BCUT2D eigenvalue weighted by atomic mass is 9.75. The summed E-state index contributed by atoms with van der Waals surface area (Å²) in [6, 6.07) is 6.36. The topological polar surface area (TPSA) is 46.5 Å². The quantitative estimate of drug-likeness (QED) is 0.845. The van der Waals surface area contributed by atoms with Crippen molar-refractivity contribution in [1.82, 2.24) is 0 Å². The number of ether oxygens (including phenoxy) is 1. The highest BCUT2D eigenvalue weighted by Gasteiger charge is 2.32. The van der Waals surface area contributed by atoms with E-state index in [1.807, 2.05) is 6.07 Å². The molecule has 0 aromatic heterocycles. The van der Waals surface area contributed by atoms with E-state index in [9.17, 15) is 9.90 Å². The van der Waals surface area contributed by atoms with E-state index in [-0.39, 0.29) is 0 Å². The lowest BCUT2D eigenvalue weighted by Crippen LogP contribution is -2.27. The highest BCUT2D eigenvalue weighted by Crippen LogP contribution is 2.40. The maximum Gasteiger partial charge on any atom is 0.123 e. The van der Waals surface area contributed by atoms with E-state index in [1.54, 1.807) is 13.8 Å². The van der Waals surface area contributed by atoms with Gasteiger partial charge in [-0.15, -0.1) is 0 Å². The molecule has 3 rings (SSSR count). The van der Waals surface area contributed by atoms with Crippen molar-refractivity contribution in [3.63, 3.8) is 0 Å². The van der Waals surface area contributed by atoms with Crippen molar-refractivity contribution in [2.75, 3.05) is 6.61 Å². The minimum atomic E-state index is -0.807. The molecule has 0 radical (unpaired) electrons. The third-order valence-electron chi connectivity index (χ3n) is 5.41. The average molecular weight is 316 g/mol. The summed E-state index contributed by atoms with van der Waals surface area (Å²) in [4.78, 5) is 10.9. The van der Waals surface area contributed by atoms with Crippen molar-refractivity contribution in [3.05, 3.63) is 29.3 Å². The summed E-state index contributed by atoms with van der Waals surface area (Å²) in [7, 11) is 0. The molecule has 126 valence electrons. The summed E-state index contributed by atoms with van der Waals surface area (Å²) in [5.74, 6) is 2.65. The molecule has 1 aromatic rings. The Labute approximate surface area is 139 Å². The Morgan fingerprint density at radius 2 is 1.83 bits per heavy atom. The Balaban J connectivity index is 1.59. The largest absolute Gasteiger partial charge is 0.491 e. The van der Waals surface area contributed by atoms with Crippen LogP contribution in [0.15, 0.2) is 18.2 Å². The Morgan fingerprint density at radius 3 is 2.48 bits per heavy atom. The average Bonchev–Trinajstić information content (AvgIpc) is 2.95. The SMILES string of the molecule is CC(C)(O)COc1ccc2c(c1)CC(C1CCC(C=O)CC1)C2. The van der Waals surface area contributed by atoms with Gasteiger partial charge < -0.3 is 14.6 Å². The monoisotopic (exact) mass is 316 g/mol. The van der Waals surface area contributed by atoms with E-state index >= 15 is 0 Å². The van der Waals surface area contributed by atoms with Crippen LogP contribution in [0, 0.1) is 17.8 Å². The Morgan fingerprint density at radius 1 is 1.13 bits per heavy atom. The van der Waals surface area contributed by atoms with Gasteiger partial charge in [-0.2, -0.15) is 0 Å². The lowest BCUT2D eigenvalue weighted by molar-refractivity contribution is -0.112. The van der Waals surface area contributed by atoms with Gasteiger partial charge in [-0.3, -0.25) is 0 Å². The summed E-state index contributed by atoms with van der Waals surface area (Å²) in [6.07, 6.45) is 7.98. The van der Waals surface area contributed by atoms with Gasteiger partial charge in [-0.05, 0) is 87.5 Å². The fraction of sp³-hybridized carbons (Fsp3) is 0.650. The maximum absolute atomic E-state index is 10.9. The number of aldehydes is 1. The van der Waals surface area contributed by atoms with Gasteiger partial charge in [-0.1, -0.05) is 6.07 Å². The zero-order valence-corrected chi connectivity index (χ0v) is 14.3. The van der Waals surface area contributed by atoms with Crippen LogP contribution in [0.5, 0.6) is 5.75 Å². The van der Waals surface area contributed by atoms with E-state index in [0.717, 1.165) is 49.6 Å². The molecule has 1 fully saturated rings. The molecule has 1 atom stereocenters. The van der Waals surface area contributed by atoms with Gasteiger partial charge in [0.15, 0.2) is 0 Å². The van der Waals surface area contributed by atoms with Gasteiger partial charge in [0.05, 0.1) is 5.60 Å². The van der Waals surface area contributed by atoms with Crippen molar-refractivity contribution in [2.24, 2.45) is 17.8 Å². The molecule has 3 heteroatoms. The molecule has 23 heavy (non-hydrogen) atoms. The summed E-state index contributed by atoms with van der Waals surface area (Å²) >= 11 is 0. The molecule has 0 saturated heterocycles. The lowest BCUT2D eigenvalue weighted by Gasteiger charge is -2.29. The molecule has 0 heterocycles. The normalized spacial score (nSPS) is 27.5. The number of rotatable bonds is 5. The van der Waals surface area contributed by atoms with Gasteiger partial charge in [0, 0.05) is 5.92 Å². The van der Waals surface area contributed by atoms with Crippen molar-refractivity contribution in [3.8, 4) is 5.75 Å². The van der Waals surface area contributed by atoms with E-state index in [2.05, 4.69) is 12.1 Å². The molecule has 0 spiro atoms. The molecule has 1 aromatic carbocycles. The third-order valence-corrected chi connectivity index (χ3v) is 5.41. The number of carbonyl (C=O) groups excluding carboxylic acids is 1. The van der Waals surface area contributed by atoms with Crippen molar-refractivity contribution in [1.29, 1.82) is 0 Å². The number of hydrogen-bond acceptors (Lipinski definition) is 3. The number of carbonyl (C=O) groups is 1. The van der Waals surface area contributed by atoms with Crippen LogP contribution in [0.1, 0.15) is 50.7 Å². The molecule has 0 aliphatic heterocycles. The number of aliphatic hydroxyl groups is 1. The molecule has 1 saturated carbocycles. The van der Waals surface area contributed by atoms with Gasteiger partial charge in [0.25, 0.3) is 0 Å². The fourth-order valence-corrected chi connectivity index (χ4v) is 4.06. The van der Waals surface area contributed by atoms with Crippen LogP contribution >= 0.6 is 0 Å². The summed E-state index contributed by atoms with van der Waals surface area (Å²) in [6.45, 7) is 3.82. The molecule has 0 amide bonds. The van der Waals surface area contributed by atoms with Crippen LogP contribution in [0.25, 0.3) is 0 Å². The highest BCUT2D eigenvalue weighted by molar-refractivity contribution is 5.53. The molecule has 3 nitrogen and oxygen atoms in total. The molecule has 2 aliphatic rings. The third kappa shape index (κ3) is 4.14. The maximum atomic E-state index is 10.9. The van der Waals surface area contributed by atoms with Gasteiger partial charge in [-0.25, -0.2) is 0 Å². The van der Waals surface area contributed by atoms with E-state index in [1.165, 1.54) is 24.0 Å². The van der Waals surface area contributed by atoms with Crippen LogP contribution in [0.3, 0.4) is 0 Å². The second kappa shape index (κ2) is 6.64. The minimum Gasteiger partial charge on any atom is -0.491 e. The molecule has 2 aliphatic carbocycles. The van der Waals surface area contributed by atoms with Crippen LogP contribution in [0.2, 0.25) is 0 Å². The number of benzene rings is 1. The first-order valence-corrected chi connectivity index (χ1v) is 8.87. The standard InChI is InChI=1S/C20H28O3/c1-20(2,22)13-23-19-8-7-16-9-17(10-18(16)11-19)15-5-3-14(12-21)4-6-15/h7-8,11-12,14-15,17,22H,3-6,9-10,13H2,1-2H3. The Hall–Kier alpha value is -1.35. The van der Waals surface area contributed by atoms with Gasteiger partial charge >= 0.3 is 0 Å². The van der Waals surface area contributed by atoms with Gasteiger partial charge in [0.2, 0.25) is 0 Å². The molecule has 1 unspecified atom stereocenters. The van der Waals surface area contributed by atoms with Crippen molar-refractivity contribution >= 4 is 6.29 Å². The van der Waals surface area contributed by atoms with Crippen LogP contribution in [-0.2, 0) is 17.6 Å². The Bertz CT molecular complexity index is 550. The van der Waals surface area contributed by atoms with Crippen LogP contribution in [-0.4, -0.2) is 23.6 Å². The van der Waals surface area contributed by atoms with Crippen molar-refractivity contribution in [2.45, 2.75) is 58.0 Å². The smallest absolute Gasteiger partial charge is 0.123 e. The second-order valence-electron chi connectivity index (χ2n) is 8.01. The highest BCUT2D eigenvalue weighted by atomic mass is 16.5. The molecular formula is C20H28O3. The first kappa shape index (κ1) is 16.5. The molecule has 0 bridgehead atoms. The van der Waals surface area contributed by atoms with Crippen molar-refractivity contribution < 1.29 is 14.6 Å². The minimum absolute atomic E-state index is 0.303. The predicted octanol–water partition coefficient (Wildman–Crippen LogP) is 3.56. The van der Waals surface area contributed by atoms with E-state index in [0.29, 0.717) is 12.5 Å². The zero-order chi connectivity index (χ0) is 16.4. The van der Waals surface area contributed by atoms with Crippen LogP contribution in [0.4, 0.5) is 0 Å². The van der Waals surface area contributed by atoms with E-state index in [4.69, 9.17) is 4.74 Å². The zero-order valence-electron chi connectivity index (χ0n) is 14.3.